The number of Topliss-reactive ketones (excluding diaryl/α,β-unsaturated/α-hetero) is 1. The molecule has 2 heteroatoms. The summed E-state index contributed by atoms with van der Waals surface area (Å²) in [5, 5.41) is 0. The van der Waals surface area contributed by atoms with Gasteiger partial charge in [-0.2, -0.15) is 0 Å². The third-order valence-corrected chi connectivity index (χ3v) is 3.89. The molecule has 0 aromatic heterocycles. The Morgan fingerprint density at radius 1 is 1.05 bits per heavy atom. The number of hydrogen-bond acceptors (Lipinski definition) is 1. The van der Waals surface area contributed by atoms with Crippen molar-refractivity contribution in [3.05, 3.63) is 69.2 Å². The van der Waals surface area contributed by atoms with Crippen LogP contribution in [0.15, 0.2) is 46.9 Å². The van der Waals surface area contributed by atoms with E-state index in [1.807, 2.05) is 24.3 Å². The second kappa shape index (κ2) is 6.16. The number of ketones is 1. The Labute approximate surface area is 122 Å². The maximum Gasteiger partial charge on any atom is 0.163 e. The van der Waals surface area contributed by atoms with Crippen LogP contribution in [0.1, 0.15) is 33.5 Å². The van der Waals surface area contributed by atoms with Crippen molar-refractivity contribution >= 4 is 21.7 Å². The highest BCUT2D eigenvalue weighted by atomic mass is 79.9. The van der Waals surface area contributed by atoms with E-state index in [1.165, 1.54) is 16.7 Å². The van der Waals surface area contributed by atoms with Gasteiger partial charge in [0.05, 0.1) is 0 Å². The molecule has 0 spiro atoms. The van der Waals surface area contributed by atoms with Crippen LogP contribution in [0.5, 0.6) is 0 Å². The zero-order valence-corrected chi connectivity index (χ0v) is 12.8. The SMILES string of the molecule is Cc1cccc(C)c1CCC(=O)c1cccc(Br)c1. The Morgan fingerprint density at radius 2 is 1.68 bits per heavy atom. The number of aryl methyl sites for hydroxylation is 2. The molecule has 0 saturated carbocycles. The molecule has 19 heavy (non-hydrogen) atoms. The van der Waals surface area contributed by atoms with Gasteiger partial charge in [-0.3, -0.25) is 4.79 Å². The van der Waals surface area contributed by atoms with Crippen molar-refractivity contribution in [3.8, 4) is 0 Å². The van der Waals surface area contributed by atoms with Crippen LogP contribution in [-0.2, 0) is 6.42 Å². The summed E-state index contributed by atoms with van der Waals surface area (Å²) in [6.45, 7) is 4.21. The van der Waals surface area contributed by atoms with Crippen LogP contribution >= 0.6 is 15.9 Å². The average molecular weight is 317 g/mol. The summed E-state index contributed by atoms with van der Waals surface area (Å²) in [7, 11) is 0. The van der Waals surface area contributed by atoms with Gasteiger partial charge in [0.15, 0.2) is 5.78 Å². The van der Waals surface area contributed by atoms with Crippen LogP contribution in [0.25, 0.3) is 0 Å². The summed E-state index contributed by atoms with van der Waals surface area (Å²) in [6, 6.07) is 13.9. The molecule has 0 aliphatic rings. The van der Waals surface area contributed by atoms with Crippen molar-refractivity contribution < 1.29 is 4.79 Å². The van der Waals surface area contributed by atoms with Gasteiger partial charge < -0.3 is 0 Å². The minimum atomic E-state index is 0.198. The fraction of sp³-hybridized carbons (Fsp3) is 0.235. The van der Waals surface area contributed by atoms with E-state index in [0.29, 0.717) is 6.42 Å². The zero-order chi connectivity index (χ0) is 13.8. The van der Waals surface area contributed by atoms with E-state index < -0.39 is 0 Å². The van der Waals surface area contributed by atoms with Crippen LogP contribution in [0.4, 0.5) is 0 Å². The molecule has 98 valence electrons. The van der Waals surface area contributed by atoms with Gasteiger partial charge in [-0.15, -0.1) is 0 Å². The van der Waals surface area contributed by atoms with Crippen LogP contribution in [0.3, 0.4) is 0 Å². The number of carbonyl (C=O) groups is 1. The second-order valence-corrected chi connectivity index (χ2v) is 5.72. The van der Waals surface area contributed by atoms with E-state index in [0.717, 1.165) is 16.5 Å². The molecule has 1 nitrogen and oxygen atoms in total. The lowest BCUT2D eigenvalue weighted by Crippen LogP contribution is -2.03. The largest absolute Gasteiger partial charge is 0.294 e. The van der Waals surface area contributed by atoms with E-state index in [-0.39, 0.29) is 5.78 Å². The summed E-state index contributed by atoms with van der Waals surface area (Å²) < 4.78 is 0.949. The maximum atomic E-state index is 12.2. The Balaban J connectivity index is 2.09. The first-order valence-electron chi connectivity index (χ1n) is 6.42. The van der Waals surface area contributed by atoms with E-state index in [4.69, 9.17) is 0 Å². The van der Waals surface area contributed by atoms with Crippen LogP contribution < -0.4 is 0 Å². The molecule has 0 amide bonds. The highest BCUT2D eigenvalue weighted by Crippen LogP contribution is 2.18. The molecule has 0 heterocycles. The first-order valence-corrected chi connectivity index (χ1v) is 7.21. The fourth-order valence-corrected chi connectivity index (χ4v) is 2.69. The second-order valence-electron chi connectivity index (χ2n) is 4.80. The minimum Gasteiger partial charge on any atom is -0.294 e. The molecule has 2 aromatic carbocycles. The van der Waals surface area contributed by atoms with Gasteiger partial charge in [-0.25, -0.2) is 0 Å². The van der Waals surface area contributed by atoms with E-state index in [1.54, 1.807) is 0 Å². The predicted octanol–water partition coefficient (Wildman–Crippen LogP) is 4.88. The normalized spacial score (nSPS) is 10.5. The first kappa shape index (κ1) is 14.0. The zero-order valence-electron chi connectivity index (χ0n) is 11.2. The monoisotopic (exact) mass is 316 g/mol. The lowest BCUT2D eigenvalue weighted by atomic mass is 9.96. The summed E-state index contributed by atoms with van der Waals surface area (Å²) in [4.78, 5) is 12.2. The van der Waals surface area contributed by atoms with Gasteiger partial charge in [0, 0.05) is 16.5 Å². The van der Waals surface area contributed by atoms with Crippen molar-refractivity contribution in [2.75, 3.05) is 0 Å². The van der Waals surface area contributed by atoms with Crippen molar-refractivity contribution in [2.24, 2.45) is 0 Å². The molecule has 0 aliphatic heterocycles. The van der Waals surface area contributed by atoms with Crippen LogP contribution in [0.2, 0.25) is 0 Å². The number of hydrogen-bond donors (Lipinski definition) is 0. The molecule has 0 N–H and O–H groups in total. The average Bonchev–Trinajstić information content (AvgIpc) is 2.38. The topological polar surface area (TPSA) is 17.1 Å². The van der Waals surface area contributed by atoms with E-state index >= 15 is 0 Å². The molecular weight excluding hydrogens is 300 g/mol. The Bertz CT molecular complexity index is 582. The third-order valence-electron chi connectivity index (χ3n) is 3.39. The Morgan fingerprint density at radius 3 is 2.32 bits per heavy atom. The smallest absolute Gasteiger partial charge is 0.163 e. The summed E-state index contributed by atoms with van der Waals surface area (Å²) in [5.74, 6) is 0.198. The first-order chi connectivity index (χ1) is 9.08. The highest BCUT2D eigenvalue weighted by Gasteiger charge is 2.09. The van der Waals surface area contributed by atoms with Gasteiger partial charge in [-0.1, -0.05) is 46.3 Å². The van der Waals surface area contributed by atoms with Gasteiger partial charge >= 0.3 is 0 Å². The van der Waals surface area contributed by atoms with E-state index in [2.05, 4.69) is 48.0 Å². The minimum absolute atomic E-state index is 0.198. The standard InChI is InChI=1S/C17H17BrO/c1-12-5-3-6-13(2)16(12)9-10-17(19)14-7-4-8-15(18)11-14/h3-8,11H,9-10H2,1-2H3. The number of benzene rings is 2. The lowest BCUT2D eigenvalue weighted by Gasteiger charge is -2.09. The van der Waals surface area contributed by atoms with E-state index in [9.17, 15) is 4.79 Å². The van der Waals surface area contributed by atoms with Crippen LogP contribution in [0, 0.1) is 13.8 Å². The molecular formula is C17H17BrO. The third kappa shape index (κ3) is 3.54. The van der Waals surface area contributed by atoms with Gasteiger partial charge in [-0.05, 0) is 49.1 Å². The molecule has 0 atom stereocenters. The highest BCUT2D eigenvalue weighted by molar-refractivity contribution is 9.10. The Kier molecular flexibility index (Phi) is 4.54. The fourth-order valence-electron chi connectivity index (χ4n) is 2.29. The Hall–Kier alpha value is -1.41. The molecule has 2 rings (SSSR count). The number of rotatable bonds is 4. The molecule has 0 unspecified atom stereocenters. The molecule has 0 aliphatic carbocycles. The molecule has 0 radical (unpaired) electrons. The predicted molar refractivity (Wildman–Crippen MR) is 82.7 cm³/mol. The summed E-state index contributed by atoms with van der Waals surface area (Å²) in [6.07, 6.45) is 1.37. The molecule has 0 fully saturated rings. The van der Waals surface area contributed by atoms with Gasteiger partial charge in [0.1, 0.15) is 0 Å². The van der Waals surface area contributed by atoms with Gasteiger partial charge in [0.2, 0.25) is 0 Å². The molecule has 0 saturated heterocycles. The lowest BCUT2D eigenvalue weighted by molar-refractivity contribution is 0.0982. The molecule has 2 aromatic rings. The quantitative estimate of drug-likeness (QED) is 0.734. The number of carbonyl (C=O) groups excluding carboxylic acids is 1. The van der Waals surface area contributed by atoms with Crippen molar-refractivity contribution in [1.29, 1.82) is 0 Å². The molecule has 0 bridgehead atoms. The summed E-state index contributed by atoms with van der Waals surface area (Å²) in [5.41, 5.74) is 4.61. The van der Waals surface area contributed by atoms with Crippen molar-refractivity contribution in [2.45, 2.75) is 26.7 Å². The maximum absolute atomic E-state index is 12.2. The van der Waals surface area contributed by atoms with Crippen molar-refractivity contribution in [3.63, 3.8) is 0 Å². The van der Waals surface area contributed by atoms with Gasteiger partial charge in [0.25, 0.3) is 0 Å². The van der Waals surface area contributed by atoms with Crippen molar-refractivity contribution in [1.82, 2.24) is 0 Å². The summed E-state index contributed by atoms with van der Waals surface area (Å²) >= 11 is 3.40. The van der Waals surface area contributed by atoms with Crippen LogP contribution in [-0.4, -0.2) is 5.78 Å². The number of halogens is 1.